The molecule has 5 heteroatoms. The molecule has 2 heterocycles. The van der Waals surface area contributed by atoms with Gasteiger partial charge in [0, 0.05) is 32.6 Å². The second-order valence-corrected chi connectivity index (χ2v) is 8.40. The molecule has 0 bridgehead atoms. The van der Waals surface area contributed by atoms with Crippen molar-refractivity contribution in [2.75, 3.05) is 0 Å². The molecule has 0 spiro atoms. The predicted octanol–water partition coefficient (Wildman–Crippen LogP) is 6.57. The Labute approximate surface area is 175 Å². The van der Waals surface area contributed by atoms with Crippen molar-refractivity contribution in [1.82, 2.24) is 4.57 Å². The lowest BCUT2D eigenvalue weighted by Crippen LogP contribution is -2.38. The van der Waals surface area contributed by atoms with E-state index in [-0.39, 0.29) is 0 Å². The molecule has 2 nitrogen and oxygen atoms in total. The van der Waals surface area contributed by atoms with Gasteiger partial charge in [-0.05, 0) is 43.5 Å². The SMILES string of the molecule is Clc1cccc(-c2c[n+](Cc3ccc(Cl)cc3Cl)c3n2CCCCCC3)c1. The van der Waals surface area contributed by atoms with Crippen molar-refractivity contribution in [2.45, 2.75) is 45.2 Å². The summed E-state index contributed by atoms with van der Waals surface area (Å²) in [5, 5.41) is 2.15. The van der Waals surface area contributed by atoms with Gasteiger partial charge in [-0.2, -0.15) is 0 Å². The third kappa shape index (κ3) is 4.18. The highest BCUT2D eigenvalue weighted by Crippen LogP contribution is 2.27. The molecular formula is C22H22Cl3N2+. The summed E-state index contributed by atoms with van der Waals surface area (Å²) in [6, 6.07) is 13.8. The first-order valence-electron chi connectivity index (χ1n) is 9.43. The normalized spacial score (nSPS) is 14.5. The molecule has 1 aliphatic rings. The van der Waals surface area contributed by atoms with Crippen molar-refractivity contribution in [2.24, 2.45) is 0 Å². The van der Waals surface area contributed by atoms with Crippen molar-refractivity contribution in [3.05, 3.63) is 75.1 Å². The van der Waals surface area contributed by atoms with Gasteiger partial charge in [-0.1, -0.05) is 59.4 Å². The Morgan fingerprint density at radius 3 is 2.52 bits per heavy atom. The van der Waals surface area contributed by atoms with Crippen LogP contribution in [-0.4, -0.2) is 4.57 Å². The quantitative estimate of drug-likeness (QED) is 0.424. The summed E-state index contributed by atoms with van der Waals surface area (Å²) in [4.78, 5) is 0. The molecule has 0 N–H and O–H groups in total. The van der Waals surface area contributed by atoms with Crippen molar-refractivity contribution >= 4 is 34.8 Å². The molecule has 0 aliphatic carbocycles. The van der Waals surface area contributed by atoms with E-state index in [1.807, 2.05) is 36.4 Å². The highest BCUT2D eigenvalue weighted by Gasteiger charge is 2.25. The number of nitrogens with zero attached hydrogens (tertiary/aromatic N) is 2. The summed E-state index contributed by atoms with van der Waals surface area (Å²) in [5.41, 5.74) is 3.46. The van der Waals surface area contributed by atoms with E-state index in [0.717, 1.165) is 35.7 Å². The number of imidazole rings is 1. The van der Waals surface area contributed by atoms with Crippen LogP contribution in [0.4, 0.5) is 0 Å². The average molecular weight is 421 g/mol. The first-order chi connectivity index (χ1) is 13.1. The Kier molecular flexibility index (Phi) is 5.77. The minimum atomic E-state index is 0.667. The summed E-state index contributed by atoms with van der Waals surface area (Å²) in [7, 11) is 0. The maximum atomic E-state index is 6.44. The van der Waals surface area contributed by atoms with Crippen LogP contribution in [0.15, 0.2) is 48.7 Å². The van der Waals surface area contributed by atoms with E-state index in [1.165, 1.54) is 37.2 Å². The molecule has 0 fully saturated rings. The molecular weight excluding hydrogens is 399 g/mol. The topological polar surface area (TPSA) is 8.81 Å². The first kappa shape index (κ1) is 18.9. The van der Waals surface area contributed by atoms with Crippen LogP contribution in [0.1, 0.15) is 37.1 Å². The Morgan fingerprint density at radius 1 is 0.889 bits per heavy atom. The van der Waals surface area contributed by atoms with Gasteiger partial charge in [0.25, 0.3) is 5.82 Å². The number of halogens is 3. The van der Waals surface area contributed by atoms with Crippen molar-refractivity contribution < 1.29 is 4.57 Å². The van der Waals surface area contributed by atoms with Gasteiger partial charge in [0.2, 0.25) is 0 Å². The van der Waals surface area contributed by atoms with Gasteiger partial charge in [0.1, 0.15) is 12.7 Å². The minimum Gasteiger partial charge on any atom is -0.229 e. The molecule has 140 valence electrons. The fourth-order valence-corrected chi connectivity index (χ4v) is 4.53. The van der Waals surface area contributed by atoms with Crippen molar-refractivity contribution in [3.63, 3.8) is 0 Å². The molecule has 0 amide bonds. The number of hydrogen-bond acceptors (Lipinski definition) is 0. The van der Waals surface area contributed by atoms with E-state index in [2.05, 4.69) is 21.4 Å². The maximum absolute atomic E-state index is 6.44. The number of benzene rings is 2. The molecule has 4 rings (SSSR count). The summed E-state index contributed by atoms with van der Waals surface area (Å²) in [5.74, 6) is 1.36. The zero-order valence-electron chi connectivity index (χ0n) is 15.1. The number of fused-ring (bicyclic) bond motifs is 1. The number of aromatic nitrogens is 2. The number of hydrogen-bond donors (Lipinski definition) is 0. The van der Waals surface area contributed by atoms with Crippen LogP contribution >= 0.6 is 34.8 Å². The van der Waals surface area contributed by atoms with Crippen LogP contribution in [0.25, 0.3) is 11.3 Å². The summed E-state index contributed by atoms with van der Waals surface area (Å²) in [6.45, 7) is 1.78. The Bertz CT molecular complexity index is 962. The molecule has 1 aromatic heterocycles. The third-order valence-corrected chi connectivity index (χ3v) is 6.04. The van der Waals surface area contributed by atoms with Crippen LogP contribution < -0.4 is 4.57 Å². The largest absolute Gasteiger partial charge is 0.257 e. The molecule has 0 saturated heterocycles. The zero-order chi connectivity index (χ0) is 18.8. The van der Waals surface area contributed by atoms with Crippen LogP contribution in [0.3, 0.4) is 0 Å². The summed E-state index contributed by atoms with van der Waals surface area (Å²) >= 11 is 18.8. The minimum absolute atomic E-state index is 0.667. The Balaban J connectivity index is 1.80. The smallest absolute Gasteiger partial charge is 0.229 e. The monoisotopic (exact) mass is 419 g/mol. The average Bonchev–Trinajstić information content (AvgIpc) is 2.93. The molecule has 0 unspecified atom stereocenters. The maximum Gasteiger partial charge on any atom is 0.257 e. The first-order valence-corrected chi connectivity index (χ1v) is 10.6. The van der Waals surface area contributed by atoms with Crippen LogP contribution in [0.5, 0.6) is 0 Å². The number of rotatable bonds is 3. The predicted molar refractivity (Wildman–Crippen MR) is 113 cm³/mol. The molecule has 1 aliphatic heterocycles. The van der Waals surface area contributed by atoms with Gasteiger partial charge in [-0.3, -0.25) is 0 Å². The van der Waals surface area contributed by atoms with Gasteiger partial charge < -0.3 is 0 Å². The van der Waals surface area contributed by atoms with E-state index >= 15 is 0 Å². The van der Waals surface area contributed by atoms with E-state index in [1.54, 1.807) is 0 Å². The molecule has 0 radical (unpaired) electrons. The van der Waals surface area contributed by atoms with E-state index < -0.39 is 0 Å². The summed E-state index contributed by atoms with van der Waals surface area (Å²) in [6.07, 6.45) is 8.32. The molecule has 0 saturated carbocycles. The fourth-order valence-electron chi connectivity index (χ4n) is 3.87. The lowest BCUT2D eigenvalue weighted by atomic mass is 10.1. The van der Waals surface area contributed by atoms with E-state index in [9.17, 15) is 0 Å². The van der Waals surface area contributed by atoms with Crippen LogP contribution in [0, 0.1) is 0 Å². The van der Waals surface area contributed by atoms with Gasteiger partial charge in [0.15, 0.2) is 5.69 Å². The van der Waals surface area contributed by atoms with Crippen molar-refractivity contribution in [1.29, 1.82) is 0 Å². The molecule has 2 aromatic carbocycles. The lowest BCUT2D eigenvalue weighted by Gasteiger charge is -2.11. The lowest BCUT2D eigenvalue weighted by molar-refractivity contribution is -0.695. The zero-order valence-corrected chi connectivity index (χ0v) is 17.4. The third-order valence-electron chi connectivity index (χ3n) is 5.22. The van der Waals surface area contributed by atoms with Crippen LogP contribution in [0.2, 0.25) is 15.1 Å². The van der Waals surface area contributed by atoms with Crippen molar-refractivity contribution in [3.8, 4) is 11.3 Å². The van der Waals surface area contributed by atoms with E-state index in [0.29, 0.717) is 10.0 Å². The highest BCUT2D eigenvalue weighted by atomic mass is 35.5. The Morgan fingerprint density at radius 2 is 1.70 bits per heavy atom. The van der Waals surface area contributed by atoms with E-state index in [4.69, 9.17) is 34.8 Å². The van der Waals surface area contributed by atoms with Crippen LogP contribution in [-0.2, 0) is 19.5 Å². The summed E-state index contributed by atoms with van der Waals surface area (Å²) < 4.78 is 4.81. The fraction of sp³-hybridized carbons (Fsp3) is 0.318. The standard InChI is InChI=1S/C22H22Cl3N2/c23-18-7-5-6-16(12-18)21-15-26(14-17-9-10-19(24)13-20(17)25)22-8-3-1-2-4-11-27(21)22/h5-7,9-10,12-13,15H,1-4,8,11,14H2/q+1. The van der Waals surface area contributed by atoms with Gasteiger partial charge in [0.05, 0.1) is 6.54 Å². The molecule has 3 aromatic rings. The molecule has 27 heavy (non-hydrogen) atoms. The molecule has 0 atom stereocenters. The van der Waals surface area contributed by atoms with Gasteiger partial charge >= 0.3 is 0 Å². The second-order valence-electron chi connectivity index (χ2n) is 7.12. The second kappa shape index (κ2) is 8.26. The van der Waals surface area contributed by atoms with Gasteiger partial charge in [-0.25, -0.2) is 9.13 Å². The van der Waals surface area contributed by atoms with Gasteiger partial charge in [-0.15, -0.1) is 0 Å². The highest BCUT2D eigenvalue weighted by molar-refractivity contribution is 6.35. The Hall–Kier alpha value is -1.48.